The van der Waals surface area contributed by atoms with Gasteiger partial charge in [-0.3, -0.25) is 4.79 Å². The predicted octanol–water partition coefficient (Wildman–Crippen LogP) is 2.22. The standard InChI is InChI=1S/C10H15NOS/c1-6(2)9(11)10(12)8-4-5-13-7(8)3/h4-6,9H,11H2,1-3H3. The molecule has 0 aromatic carbocycles. The molecule has 0 aliphatic rings. The molecular weight excluding hydrogens is 182 g/mol. The van der Waals surface area contributed by atoms with Gasteiger partial charge < -0.3 is 5.73 Å². The minimum absolute atomic E-state index is 0.0637. The highest BCUT2D eigenvalue weighted by Crippen LogP contribution is 2.18. The molecule has 13 heavy (non-hydrogen) atoms. The van der Waals surface area contributed by atoms with Crippen molar-refractivity contribution < 1.29 is 4.79 Å². The summed E-state index contributed by atoms with van der Waals surface area (Å²) < 4.78 is 0. The average Bonchev–Trinajstić information content (AvgIpc) is 2.48. The van der Waals surface area contributed by atoms with E-state index in [2.05, 4.69) is 0 Å². The summed E-state index contributed by atoms with van der Waals surface area (Å²) in [5.74, 6) is 0.264. The van der Waals surface area contributed by atoms with Crippen molar-refractivity contribution in [2.45, 2.75) is 26.8 Å². The van der Waals surface area contributed by atoms with Crippen LogP contribution >= 0.6 is 11.3 Å². The lowest BCUT2D eigenvalue weighted by Gasteiger charge is -2.13. The van der Waals surface area contributed by atoms with Crippen LogP contribution in [0.2, 0.25) is 0 Å². The summed E-state index contributed by atoms with van der Waals surface area (Å²) in [6.07, 6.45) is 0. The Kier molecular flexibility index (Phi) is 3.22. The molecule has 0 saturated heterocycles. The van der Waals surface area contributed by atoms with Crippen LogP contribution in [0.1, 0.15) is 29.1 Å². The van der Waals surface area contributed by atoms with E-state index in [1.54, 1.807) is 11.3 Å². The van der Waals surface area contributed by atoms with Crippen LogP contribution in [-0.4, -0.2) is 11.8 Å². The molecule has 0 bridgehead atoms. The van der Waals surface area contributed by atoms with Crippen LogP contribution < -0.4 is 5.73 Å². The molecule has 1 rings (SSSR count). The highest BCUT2D eigenvalue weighted by atomic mass is 32.1. The number of Topliss-reactive ketones (excluding diaryl/α,β-unsaturated/α-hetero) is 1. The van der Waals surface area contributed by atoms with Gasteiger partial charge in [-0.25, -0.2) is 0 Å². The van der Waals surface area contributed by atoms with E-state index in [4.69, 9.17) is 5.73 Å². The van der Waals surface area contributed by atoms with Crippen LogP contribution in [-0.2, 0) is 0 Å². The van der Waals surface area contributed by atoms with Gasteiger partial charge in [-0.2, -0.15) is 0 Å². The molecule has 2 nitrogen and oxygen atoms in total. The fourth-order valence-corrected chi connectivity index (χ4v) is 1.83. The third-order valence-corrected chi connectivity index (χ3v) is 2.99. The minimum atomic E-state index is -0.367. The van der Waals surface area contributed by atoms with Crippen LogP contribution in [0.25, 0.3) is 0 Å². The fraction of sp³-hybridized carbons (Fsp3) is 0.500. The van der Waals surface area contributed by atoms with E-state index in [0.29, 0.717) is 0 Å². The molecule has 0 radical (unpaired) electrons. The Labute approximate surface area is 82.8 Å². The second-order valence-electron chi connectivity index (χ2n) is 3.52. The number of thiophene rings is 1. The first-order valence-corrected chi connectivity index (χ1v) is 5.26. The first-order chi connectivity index (χ1) is 6.04. The monoisotopic (exact) mass is 197 g/mol. The molecule has 1 atom stereocenters. The number of nitrogens with two attached hydrogens (primary N) is 1. The molecule has 1 aromatic rings. The summed E-state index contributed by atoms with van der Waals surface area (Å²) >= 11 is 1.59. The number of aryl methyl sites for hydroxylation is 1. The minimum Gasteiger partial charge on any atom is -0.321 e. The first-order valence-electron chi connectivity index (χ1n) is 4.38. The Bertz CT molecular complexity index is 304. The summed E-state index contributed by atoms with van der Waals surface area (Å²) in [4.78, 5) is 12.8. The Morgan fingerprint density at radius 3 is 2.54 bits per heavy atom. The van der Waals surface area contributed by atoms with Gasteiger partial charge in [-0.05, 0) is 24.3 Å². The van der Waals surface area contributed by atoms with Crippen LogP contribution in [0.4, 0.5) is 0 Å². The van der Waals surface area contributed by atoms with Gasteiger partial charge in [0.15, 0.2) is 5.78 Å². The van der Waals surface area contributed by atoms with Gasteiger partial charge in [0.1, 0.15) is 0 Å². The Balaban J connectivity index is 2.86. The molecule has 1 aromatic heterocycles. The Morgan fingerprint density at radius 2 is 2.15 bits per heavy atom. The molecule has 0 spiro atoms. The third kappa shape index (κ3) is 2.17. The summed E-state index contributed by atoms with van der Waals surface area (Å²) in [7, 11) is 0. The van der Waals surface area contributed by atoms with E-state index < -0.39 is 0 Å². The SMILES string of the molecule is Cc1sccc1C(=O)C(N)C(C)C. The first kappa shape index (κ1) is 10.4. The van der Waals surface area contributed by atoms with Crippen molar-refractivity contribution in [1.29, 1.82) is 0 Å². The lowest BCUT2D eigenvalue weighted by molar-refractivity contribution is 0.0940. The van der Waals surface area contributed by atoms with E-state index in [1.165, 1.54) is 0 Å². The van der Waals surface area contributed by atoms with Crippen molar-refractivity contribution in [3.05, 3.63) is 21.9 Å². The smallest absolute Gasteiger partial charge is 0.180 e. The summed E-state index contributed by atoms with van der Waals surface area (Å²) in [6.45, 7) is 5.87. The maximum Gasteiger partial charge on any atom is 0.180 e. The zero-order valence-corrected chi connectivity index (χ0v) is 9.02. The maximum atomic E-state index is 11.7. The van der Waals surface area contributed by atoms with Crippen LogP contribution in [0.3, 0.4) is 0 Å². The lowest BCUT2D eigenvalue weighted by atomic mass is 9.96. The molecule has 1 heterocycles. The lowest BCUT2D eigenvalue weighted by Crippen LogP contribution is -2.35. The maximum absolute atomic E-state index is 11.7. The molecule has 0 aliphatic carbocycles. The van der Waals surface area contributed by atoms with E-state index >= 15 is 0 Å². The molecule has 0 fully saturated rings. The van der Waals surface area contributed by atoms with Crippen molar-refractivity contribution in [2.75, 3.05) is 0 Å². The van der Waals surface area contributed by atoms with E-state index in [1.807, 2.05) is 32.2 Å². The quantitative estimate of drug-likeness (QED) is 0.755. The molecule has 0 saturated carbocycles. The highest BCUT2D eigenvalue weighted by Gasteiger charge is 2.20. The number of carbonyl (C=O) groups excluding carboxylic acids is 1. The van der Waals surface area contributed by atoms with Gasteiger partial charge in [-0.15, -0.1) is 11.3 Å². The van der Waals surface area contributed by atoms with Crippen LogP contribution in [0, 0.1) is 12.8 Å². The highest BCUT2D eigenvalue weighted by molar-refractivity contribution is 7.10. The fourth-order valence-electron chi connectivity index (χ4n) is 1.12. The second-order valence-corrected chi connectivity index (χ2v) is 4.64. The average molecular weight is 197 g/mol. The molecule has 3 heteroatoms. The van der Waals surface area contributed by atoms with E-state index in [-0.39, 0.29) is 17.7 Å². The van der Waals surface area contributed by atoms with Gasteiger partial charge in [0.25, 0.3) is 0 Å². The molecule has 72 valence electrons. The number of rotatable bonds is 3. The third-order valence-electron chi connectivity index (χ3n) is 2.15. The van der Waals surface area contributed by atoms with Crippen LogP contribution in [0.5, 0.6) is 0 Å². The summed E-state index contributed by atoms with van der Waals surface area (Å²) in [5.41, 5.74) is 6.56. The molecular formula is C10H15NOS. The van der Waals surface area contributed by atoms with Crippen LogP contribution in [0.15, 0.2) is 11.4 Å². The van der Waals surface area contributed by atoms with Crippen molar-refractivity contribution in [3.63, 3.8) is 0 Å². The second kappa shape index (κ2) is 4.03. The zero-order chi connectivity index (χ0) is 10.0. The van der Waals surface area contributed by atoms with Crippen molar-refractivity contribution >= 4 is 17.1 Å². The number of hydrogen-bond acceptors (Lipinski definition) is 3. The van der Waals surface area contributed by atoms with E-state index in [9.17, 15) is 4.79 Å². The van der Waals surface area contributed by atoms with Crippen molar-refractivity contribution in [2.24, 2.45) is 11.7 Å². The topological polar surface area (TPSA) is 43.1 Å². The number of carbonyl (C=O) groups is 1. The van der Waals surface area contributed by atoms with Gasteiger partial charge in [0.05, 0.1) is 6.04 Å². The van der Waals surface area contributed by atoms with Crippen molar-refractivity contribution in [3.8, 4) is 0 Å². The molecule has 0 aliphatic heterocycles. The largest absolute Gasteiger partial charge is 0.321 e. The van der Waals surface area contributed by atoms with Gasteiger partial charge >= 0.3 is 0 Å². The van der Waals surface area contributed by atoms with Gasteiger partial charge in [-0.1, -0.05) is 13.8 Å². The van der Waals surface area contributed by atoms with Gasteiger partial charge in [0, 0.05) is 10.4 Å². The molecule has 0 amide bonds. The van der Waals surface area contributed by atoms with E-state index in [0.717, 1.165) is 10.4 Å². The molecule has 1 unspecified atom stereocenters. The Hall–Kier alpha value is -0.670. The number of hydrogen-bond donors (Lipinski definition) is 1. The van der Waals surface area contributed by atoms with Crippen molar-refractivity contribution in [1.82, 2.24) is 0 Å². The zero-order valence-electron chi connectivity index (χ0n) is 8.20. The summed E-state index contributed by atoms with van der Waals surface area (Å²) in [6, 6.07) is 1.48. The number of ketones is 1. The summed E-state index contributed by atoms with van der Waals surface area (Å²) in [5, 5.41) is 1.93. The molecule has 2 N–H and O–H groups in total. The van der Waals surface area contributed by atoms with Gasteiger partial charge in [0.2, 0.25) is 0 Å². The normalized spacial score (nSPS) is 13.3. The Morgan fingerprint density at radius 1 is 1.54 bits per heavy atom. The predicted molar refractivity (Wildman–Crippen MR) is 56.2 cm³/mol.